The van der Waals surface area contributed by atoms with E-state index >= 15 is 0 Å². The molecule has 0 aromatic heterocycles. The van der Waals surface area contributed by atoms with Crippen LogP contribution in [-0.2, 0) is 0 Å². The van der Waals surface area contributed by atoms with Gasteiger partial charge < -0.3 is 15.3 Å². The molecule has 18 heavy (non-hydrogen) atoms. The fourth-order valence-corrected chi connectivity index (χ4v) is 2.80. The van der Waals surface area contributed by atoms with Crippen LogP contribution < -0.4 is 5.32 Å². The number of nitrogens with one attached hydrogen (secondary N) is 1. The summed E-state index contributed by atoms with van der Waals surface area (Å²) in [6, 6.07) is 0.723. The Labute approximate surface area is 113 Å². The largest absolute Gasteiger partial charge is 0.396 e. The molecule has 1 unspecified atom stereocenters. The quantitative estimate of drug-likeness (QED) is 0.589. The predicted octanol–water partition coefficient (Wildman–Crippen LogP) is 2.25. The highest BCUT2D eigenvalue weighted by Crippen LogP contribution is 2.10. The van der Waals surface area contributed by atoms with Crippen LogP contribution >= 0.6 is 0 Å². The minimum absolute atomic E-state index is 0.349. The predicted molar refractivity (Wildman–Crippen MR) is 77.9 cm³/mol. The van der Waals surface area contributed by atoms with Crippen molar-refractivity contribution in [1.82, 2.24) is 10.2 Å². The van der Waals surface area contributed by atoms with Gasteiger partial charge in [-0.05, 0) is 44.7 Å². The van der Waals surface area contributed by atoms with Crippen molar-refractivity contribution in [3.63, 3.8) is 0 Å². The van der Waals surface area contributed by atoms with E-state index in [2.05, 4.69) is 24.1 Å². The Morgan fingerprint density at radius 1 is 1.22 bits per heavy atom. The van der Waals surface area contributed by atoms with Crippen LogP contribution in [0.25, 0.3) is 0 Å². The molecular formula is C15H32N2O. The molecule has 0 saturated carbocycles. The first-order valence-electron chi connectivity index (χ1n) is 7.79. The monoisotopic (exact) mass is 256 g/mol. The molecule has 1 heterocycles. The average molecular weight is 256 g/mol. The van der Waals surface area contributed by atoms with E-state index in [0.29, 0.717) is 6.61 Å². The van der Waals surface area contributed by atoms with Crippen molar-refractivity contribution in [1.29, 1.82) is 0 Å². The van der Waals surface area contributed by atoms with Crippen LogP contribution in [0.2, 0.25) is 0 Å². The fourth-order valence-electron chi connectivity index (χ4n) is 2.80. The molecule has 0 aliphatic carbocycles. The highest BCUT2D eigenvalue weighted by Gasteiger charge is 2.18. The summed E-state index contributed by atoms with van der Waals surface area (Å²) in [5, 5.41) is 12.4. The van der Waals surface area contributed by atoms with Gasteiger partial charge in [0.2, 0.25) is 0 Å². The molecule has 2 N–H and O–H groups in total. The van der Waals surface area contributed by atoms with Crippen LogP contribution in [0, 0.1) is 5.92 Å². The Morgan fingerprint density at radius 2 is 2.00 bits per heavy atom. The third kappa shape index (κ3) is 7.34. The lowest BCUT2D eigenvalue weighted by atomic mass is 10.1. The number of hydrogen-bond acceptors (Lipinski definition) is 3. The third-order valence-corrected chi connectivity index (χ3v) is 3.65. The minimum Gasteiger partial charge on any atom is -0.396 e. The summed E-state index contributed by atoms with van der Waals surface area (Å²) in [6.07, 6.45) is 7.37. The first-order valence-corrected chi connectivity index (χ1v) is 7.79. The molecule has 108 valence electrons. The summed E-state index contributed by atoms with van der Waals surface area (Å²) >= 11 is 0. The van der Waals surface area contributed by atoms with E-state index in [1.165, 1.54) is 58.3 Å². The van der Waals surface area contributed by atoms with E-state index in [0.717, 1.165) is 18.4 Å². The molecular weight excluding hydrogens is 224 g/mol. The maximum Gasteiger partial charge on any atom is 0.0431 e. The first-order chi connectivity index (χ1) is 8.72. The molecule has 0 aromatic carbocycles. The zero-order chi connectivity index (χ0) is 13.2. The standard InChI is InChI=1S/C15H32N2O/c1-14(2)12-17(10-5-3-4-6-11-18)13-15-8-7-9-16-15/h14-16,18H,3-13H2,1-2H3. The smallest absolute Gasteiger partial charge is 0.0431 e. The Morgan fingerprint density at radius 3 is 2.61 bits per heavy atom. The molecule has 1 rings (SSSR count). The van der Waals surface area contributed by atoms with Gasteiger partial charge in [-0.25, -0.2) is 0 Å². The molecule has 1 aliphatic heterocycles. The summed E-state index contributed by atoms with van der Waals surface area (Å²) in [6.45, 7) is 9.83. The van der Waals surface area contributed by atoms with Crippen molar-refractivity contribution >= 4 is 0 Å². The Kier molecular flexibility index (Phi) is 8.64. The van der Waals surface area contributed by atoms with Crippen molar-refractivity contribution in [2.24, 2.45) is 5.92 Å². The highest BCUT2D eigenvalue weighted by atomic mass is 16.2. The van der Waals surface area contributed by atoms with E-state index in [-0.39, 0.29) is 0 Å². The summed E-state index contributed by atoms with van der Waals surface area (Å²) < 4.78 is 0. The van der Waals surface area contributed by atoms with Crippen molar-refractivity contribution in [3.05, 3.63) is 0 Å². The molecule has 0 spiro atoms. The van der Waals surface area contributed by atoms with Crippen LogP contribution in [0.3, 0.4) is 0 Å². The topological polar surface area (TPSA) is 35.5 Å². The molecule has 0 radical (unpaired) electrons. The van der Waals surface area contributed by atoms with Crippen molar-refractivity contribution in [2.75, 3.05) is 32.8 Å². The number of aliphatic hydroxyl groups excluding tert-OH is 1. The molecule has 1 atom stereocenters. The van der Waals surface area contributed by atoms with E-state index in [1.807, 2.05) is 0 Å². The lowest BCUT2D eigenvalue weighted by molar-refractivity contribution is 0.218. The lowest BCUT2D eigenvalue weighted by Crippen LogP contribution is -2.39. The molecule has 0 bridgehead atoms. The number of rotatable bonds is 10. The van der Waals surface area contributed by atoms with Gasteiger partial charge in [0.25, 0.3) is 0 Å². The number of unbranched alkanes of at least 4 members (excludes halogenated alkanes) is 3. The average Bonchev–Trinajstić information content (AvgIpc) is 2.80. The number of hydrogen-bond donors (Lipinski definition) is 2. The van der Waals surface area contributed by atoms with Crippen LogP contribution in [0.1, 0.15) is 52.4 Å². The Balaban J connectivity index is 2.17. The Bertz CT molecular complexity index is 191. The Hall–Kier alpha value is -0.120. The van der Waals surface area contributed by atoms with Crippen LogP contribution in [-0.4, -0.2) is 48.8 Å². The summed E-state index contributed by atoms with van der Waals surface area (Å²) in [4.78, 5) is 2.63. The normalized spacial score (nSPS) is 20.2. The third-order valence-electron chi connectivity index (χ3n) is 3.65. The second-order valence-electron chi connectivity index (χ2n) is 6.08. The molecule has 0 aromatic rings. The van der Waals surface area contributed by atoms with Gasteiger partial charge in [-0.1, -0.05) is 26.7 Å². The van der Waals surface area contributed by atoms with Gasteiger partial charge in [0, 0.05) is 25.7 Å². The zero-order valence-corrected chi connectivity index (χ0v) is 12.3. The van der Waals surface area contributed by atoms with E-state index in [9.17, 15) is 0 Å². The molecule has 1 saturated heterocycles. The molecule has 1 fully saturated rings. The van der Waals surface area contributed by atoms with Crippen molar-refractivity contribution in [3.8, 4) is 0 Å². The molecule has 3 heteroatoms. The lowest BCUT2D eigenvalue weighted by Gasteiger charge is -2.27. The maximum atomic E-state index is 8.76. The maximum absolute atomic E-state index is 8.76. The molecule has 0 amide bonds. The van der Waals surface area contributed by atoms with Gasteiger partial charge in [0.05, 0.1) is 0 Å². The first kappa shape index (κ1) is 15.9. The van der Waals surface area contributed by atoms with Crippen molar-refractivity contribution < 1.29 is 5.11 Å². The van der Waals surface area contributed by atoms with Gasteiger partial charge >= 0.3 is 0 Å². The summed E-state index contributed by atoms with van der Waals surface area (Å²) in [7, 11) is 0. The number of aliphatic hydroxyl groups is 1. The zero-order valence-electron chi connectivity index (χ0n) is 12.3. The van der Waals surface area contributed by atoms with E-state index in [4.69, 9.17) is 5.11 Å². The SMILES string of the molecule is CC(C)CN(CCCCCCO)CC1CCCN1. The highest BCUT2D eigenvalue weighted by molar-refractivity contribution is 4.78. The van der Waals surface area contributed by atoms with Gasteiger partial charge in [0.15, 0.2) is 0 Å². The minimum atomic E-state index is 0.349. The second-order valence-corrected chi connectivity index (χ2v) is 6.08. The summed E-state index contributed by atoms with van der Waals surface area (Å²) in [5.74, 6) is 0.754. The molecule has 1 aliphatic rings. The fraction of sp³-hybridized carbons (Fsp3) is 1.00. The van der Waals surface area contributed by atoms with Crippen LogP contribution in [0.5, 0.6) is 0 Å². The van der Waals surface area contributed by atoms with Gasteiger partial charge in [-0.2, -0.15) is 0 Å². The molecule has 3 nitrogen and oxygen atoms in total. The van der Waals surface area contributed by atoms with E-state index in [1.54, 1.807) is 0 Å². The van der Waals surface area contributed by atoms with Gasteiger partial charge in [-0.15, -0.1) is 0 Å². The summed E-state index contributed by atoms with van der Waals surface area (Å²) in [5.41, 5.74) is 0. The van der Waals surface area contributed by atoms with Gasteiger partial charge in [-0.3, -0.25) is 0 Å². The van der Waals surface area contributed by atoms with Crippen molar-refractivity contribution in [2.45, 2.75) is 58.4 Å². The van der Waals surface area contributed by atoms with E-state index < -0.39 is 0 Å². The van der Waals surface area contributed by atoms with Crippen LogP contribution in [0.4, 0.5) is 0 Å². The number of nitrogens with zero attached hydrogens (tertiary/aromatic N) is 1. The van der Waals surface area contributed by atoms with Crippen LogP contribution in [0.15, 0.2) is 0 Å². The van der Waals surface area contributed by atoms with Gasteiger partial charge in [0.1, 0.15) is 0 Å². The second kappa shape index (κ2) is 9.76.